The fraction of sp³-hybridized carbons (Fsp3) is 0.818. The molecule has 0 heterocycles. The number of carbonyl (C=O) groups is 2. The summed E-state index contributed by atoms with van der Waals surface area (Å²) < 4.78 is 16.0. The van der Waals surface area contributed by atoms with Crippen LogP contribution in [0.1, 0.15) is 19.8 Å². The highest BCUT2D eigenvalue weighted by Gasteiger charge is 2.19. The number of amides is 2. The van der Waals surface area contributed by atoms with E-state index in [-0.39, 0.29) is 6.54 Å². The summed E-state index contributed by atoms with van der Waals surface area (Å²) in [6.45, 7) is 2.51. The molecule has 0 aromatic heterocycles. The minimum Gasteiger partial charge on any atom is -0.480 e. The Morgan fingerprint density at radius 2 is 2.11 bits per heavy atom. The number of aliphatic carboxylic acids is 1. The van der Waals surface area contributed by atoms with Gasteiger partial charge in [-0.25, -0.2) is 9.59 Å². The summed E-state index contributed by atoms with van der Waals surface area (Å²) in [7, 11) is 0.585. The summed E-state index contributed by atoms with van der Waals surface area (Å²) in [5.74, 6) is -0.174. The van der Waals surface area contributed by atoms with Gasteiger partial charge in [-0.15, -0.1) is 0 Å². The third-order valence-electron chi connectivity index (χ3n) is 2.38. The van der Waals surface area contributed by atoms with Crippen molar-refractivity contribution >= 4 is 22.8 Å². The first kappa shape index (κ1) is 17.8. The Morgan fingerprint density at radius 3 is 2.63 bits per heavy atom. The standard InChI is InChI=1S/C11H22N2O5S/c1-3-19(17)8-6-12-11(16)13-9(10(14)15)5-4-7-18-2/h9H,3-8H2,1-2H3,(H,14,15)(H2,12,13,16). The van der Waals surface area contributed by atoms with Gasteiger partial charge in [0.1, 0.15) is 6.04 Å². The second kappa shape index (κ2) is 10.7. The Labute approximate surface area is 115 Å². The van der Waals surface area contributed by atoms with Crippen molar-refractivity contribution in [2.24, 2.45) is 0 Å². The van der Waals surface area contributed by atoms with Crippen LogP contribution in [0.5, 0.6) is 0 Å². The molecule has 2 amide bonds. The van der Waals surface area contributed by atoms with Gasteiger partial charge in [0, 0.05) is 42.6 Å². The molecule has 19 heavy (non-hydrogen) atoms. The highest BCUT2D eigenvalue weighted by Crippen LogP contribution is 1.98. The normalized spacial score (nSPS) is 13.6. The Morgan fingerprint density at radius 1 is 1.42 bits per heavy atom. The van der Waals surface area contributed by atoms with Crippen LogP contribution < -0.4 is 10.6 Å². The number of methoxy groups -OCH3 is 1. The summed E-state index contributed by atoms with van der Waals surface area (Å²) in [4.78, 5) is 22.4. The summed E-state index contributed by atoms with van der Waals surface area (Å²) >= 11 is 0. The number of urea groups is 1. The molecule has 0 aliphatic carbocycles. The van der Waals surface area contributed by atoms with E-state index in [1.54, 1.807) is 6.92 Å². The highest BCUT2D eigenvalue weighted by molar-refractivity contribution is 7.84. The lowest BCUT2D eigenvalue weighted by molar-refractivity contribution is -0.139. The first-order valence-corrected chi connectivity index (χ1v) is 7.61. The lowest BCUT2D eigenvalue weighted by atomic mass is 10.1. The largest absolute Gasteiger partial charge is 0.480 e. The number of rotatable bonds is 10. The van der Waals surface area contributed by atoms with Gasteiger partial charge in [-0.2, -0.15) is 0 Å². The molecule has 0 rings (SSSR count). The molecule has 7 nitrogen and oxygen atoms in total. The van der Waals surface area contributed by atoms with E-state index in [0.717, 1.165) is 0 Å². The van der Waals surface area contributed by atoms with Crippen molar-refractivity contribution in [3.05, 3.63) is 0 Å². The zero-order valence-electron chi connectivity index (χ0n) is 11.3. The molecule has 0 aromatic rings. The first-order valence-electron chi connectivity index (χ1n) is 6.12. The van der Waals surface area contributed by atoms with Crippen LogP contribution in [0.15, 0.2) is 0 Å². The molecule has 112 valence electrons. The lowest BCUT2D eigenvalue weighted by Crippen LogP contribution is -2.46. The van der Waals surface area contributed by atoms with E-state index in [2.05, 4.69) is 10.6 Å². The van der Waals surface area contributed by atoms with E-state index in [4.69, 9.17) is 9.84 Å². The minimum atomic E-state index is -1.08. The zero-order chi connectivity index (χ0) is 14.7. The third kappa shape index (κ3) is 9.43. The molecule has 0 aliphatic rings. The van der Waals surface area contributed by atoms with Gasteiger partial charge in [0.05, 0.1) is 0 Å². The molecule has 2 unspecified atom stereocenters. The Kier molecular flexibility index (Phi) is 10.1. The predicted molar refractivity (Wildman–Crippen MR) is 72.6 cm³/mol. The molecule has 0 radical (unpaired) electrons. The number of hydrogen-bond donors (Lipinski definition) is 3. The fourth-order valence-electron chi connectivity index (χ4n) is 1.32. The molecule has 0 spiro atoms. The highest BCUT2D eigenvalue weighted by atomic mass is 32.2. The van der Waals surface area contributed by atoms with Gasteiger partial charge in [0.2, 0.25) is 0 Å². The third-order valence-corrected chi connectivity index (χ3v) is 3.69. The average molecular weight is 294 g/mol. The molecule has 0 fully saturated rings. The van der Waals surface area contributed by atoms with Crippen molar-refractivity contribution in [3.63, 3.8) is 0 Å². The number of hydrogen-bond acceptors (Lipinski definition) is 4. The Bertz CT molecular complexity index is 311. The second-order valence-corrected chi connectivity index (χ2v) is 5.72. The molecule has 8 heteroatoms. The summed E-state index contributed by atoms with van der Waals surface area (Å²) in [6.07, 6.45) is 0.852. The minimum absolute atomic E-state index is 0.261. The van der Waals surface area contributed by atoms with Gasteiger partial charge in [-0.1, -0.05) is 6.92 Å². The molecule has 0 aliphatic heterocycles. The van der Waals surface area contributed by atoms with Crippen molar-refractivity contribution < 1.29 is 23.6 Å². The second-order valence-electron chi connectivity index (χ2n) is 3.86. The number of carboxylic acids is 1. The number of ether oxygens (including phenoxy) is 1. The Hall–Kier alpha value is -1.15. The van der Waals surface area contributed by atoms with Crippen LogP contribution in [0.3, 0.4) is 0 Å². The predicted octanol–water partition coefficient (Wildman–Crippen LogP) is -0.0660. The van der Waals surface area contributed by atoms with E-state index >= 15 is 0 Å². The van der Waals surface area contributed by atoms with Gasteiger partial charge in [0.15, 0.2) is 0 Å². The molecule has 0 bridgehead atoms. The average Bonchev–Trinajstić information content (AvgIpc) is 2.37. The smallest absolute Gasteiger partial charge is 0.326 e. The molecule has 0 saturated heterocycles. The summed E-state index contributed by atoms with van der Waals surface area (Å²) in [5.41, 5.74) is 0. The van der Waals surface area contributed by atoms with Crippen LogP contribution in [-0.2, 0) is 20.3 Å². The number of carbonyl (C=O) groups excluding carboxylic acids is 1. The van der Waals surface area contributed by atoms with Gasteiger partial charge in [0.25, 0.3) is 0 Å². The SMILES string of the molecule is CCS(=O)CCNC(=O)NC(CCCOC)C(=O)O. The van der Waals surface area contributed by atoms with E-state index in [1.165, 1.54) is 7.11 Å². The van der Waals surface area contributed by atoms with Gasteiger partial charge < -0.3 is 20.5 Å². The Balaban J connectivity index is 3.96. The number of carboxylic acid groups (broad SMARTS) is 1. The molecule has 2 atom stereocenters. The van der Waals surface area contributed by atoms with Crippen LogP contribution in [-0.4, -0.2) is 59.1 Å². The van der Waals surface area contributed by atoms with Gasteiger partial charge in [-0.05, 0) is 12.8 Å². The molecule has 0 aromatic carbocycles. The van der Waals surface area contributed by atoms with E-state index in [9.17, 15) is 13.8 Å². The molecule has 0 saturated carbocycles. The van der Waals surface area contributed by atoms with Crippen LogP contribution in [0.4, 0.5) is 4.79 Å². The molecular weight excluding hydrogens is 272 g/mol. The van der Waals surface area contributed by atoms with Crippen LogP contribution in [0.2, 0.25) is 0 Å². The van der Waals surface area contributed by atoms with Crippen LogP contribution in [0, 0.1) is 0 Å². The van der Waals surface area contributed by atoms with E-state index in [0.29, 0.717) is 31.0 Å². The zero-order valence-corrected chi connectivity index (χ0v) is 12.1. The summed E-state index contributed by atoms with van der Waals surface area (Å²) in [5, 5.41) is 13.8. The topological polar surface area (TPSA) is 105 Å². The van der Waals surface area contributed by atoms with Crippen molar-refractivity contribution in [3.8, 4) is 0 Å². The maximum Gasteiger partial charge on any atom is 0.326 e. The number of nitrogens with one attached hydrogen (secondary N) is 2. The summed E-state index contributed by atoms with van der Waals surface area (Å²) in [6, 6.07) is -1.50. The monoisotopic (exact) mass is 294 g/mol. The van der Waals surface area contributed by atoms with E-state index < -0.39 is 28.8 Å². The van der Waals surface area contributed by atoms with Crippen LogP contribution in [0.25, 0.3) is 0 Å². The van der Waals surface area contributed by atoms with Crippen molar-refractivity contribution in [2.75, 3.05) is 31.8 Å². The fourth-order valence-corrected chi connectivity index (χ4v) is 1.94. The maximum atomic E-state index is 11.4. The van der Waals surface area contributed by atoms with E-state index in [1.807, 2.05) is 0 Å². The van der Waals surface area contributed by atoms with Crippen molar-refractivity contribution in [1.29, 1.82) is 0 Å². The van der Waals surface area contributed by atoms with Crippen molar-refractivity contribution in [2.45, 2.75) is 25.8 Å². The molecule has 3 N–H and O–H groups in total. The van der Waals surface area contributed by atoms with Gasteiger partial charge >= 0.3 is 12.0 Å². The first-order chi connectivity index (χ1) is 9.01. The van der Waals surface area contributed by atoms with Crippen molar-refractivity contribution in [1.82, 2.24) is 10.6 Å². The molecular formula is C11H22N2O5S. The van der Waals surface area contributed by atoms with Crippen LogP contribution >= 0.6 is 0 Å². The quantitative estimate of drug-likeness (QED) is 0.489. The lowest BCUT2D eigenvalue weighted by Gasteiger charge is -2.14. The van der Waals surface area contributed by atoms with Gasteiger partial charge in [-0.3, -0.25) is 4.21 Å². The maximum absolute atomic E-state index is 11.4.